The molecule has 0 saturated carbocycles. The number of carbonyl (C=O) groups excluding carboxylic acids is 1. The normalized spacial score (nSPS) is 16.6. The zero-order valence-corrected chi connectivity index (χ0v) is 18.8. The third-order valence-electron chi connectivity index (χ3n) is 5.50. The number of benzene rings is 2. The molecule has 3 aromatic rings. The SMILES string of the molecule is Cc1ccc(NC(=O)Cn2nc(N3CCC[C@@H](C)C3)c3ccccc3c2=O)c(Br)c1. The molecule has 30 heavy (non-hydrogen) atoms. The molecule has 1 aliphatic heterocycles. The maximum Gasteiger partial charge on any atom is 0.275 e. The molecule has 1 atom stereocenters. The molecular weight excluding hydrogens is 444 g/mol. The minimum absolute atomic E-state index is 0.139. The van der Waals surface area contributed by atoms with E-state index in [2.05, 4.69) is 38.2 Å². The van der Waals surface area contributed by atoms with Crippen LogP contribution in [0.5, 0.6) is 0 Å². The van der Waals surface area contributed by atoms with Crippen LogP contribution in [0.3, 0.4) is 0 Å². The number of piperidine rings is 1. The van der Waals surface area contributed by atoms with Crippen molar-refractivity contribution in [1.82, 2.24) is 9.78 Å². The Morgan fingerprint density at radius 3 is 2.73 bits per heavy atom. The third kappa shape index (κ3) is 4.26. The summed E-state index contributed by atoms with van der Waals surface area (Å²) in [6, 6.07) is 13.2. The van der Waals surface area contributed by atoms with Crippen molar-refractivity contribution < 1.29 is 4.79 Å². The number of halogens is 1. The standard InChI is InChI=1S/C23H25BrN4O2/c1-15-9-10-20(19(24)12-15)25-21(29)14-28-23(30)18-8-4-3-7-17(18)22(26-28)27-11-5-6-16(2)13-27/h3-4,7-10,12,16H,5-6,11,13-14H2,1-2H3,(H,25,29)/t16-/m1/s1. The molecule has 7 heteroatoms. The Balaban J connectivity index is 1.67. The second-order valence-corrected chi connectivity index (χ2v) is 8.91. The molecule has 1 saturated heterocycles. The first-order chi connectivity index (χ1) is 14.4. The fourth-order valence-electron chi connectivity index (χ4n) is 3.99. The number of nitrogens with one attached hydrogen (secondary N) is 1. The molecule has 1 fully saturated rings. The van der Waals surface area contributed by atoms with Crippen LogP contribution in [0, 0.1) is 12.8 Å². The van der Waals surface area contributed by atoms with E-state index >= 15 is 0 Å². The van der Waals surface area contributed by atoms with E-state index in [9.17, 15) is 9.59 Å². The molecule has 1 amide bonds. The second kappa shape index (κ2) is 8.60. The van der Waals surface area contributed by atoms with Gasteiger partial charge in [0, 0.05) is 22.9 Å². The minimum Gasteiger partial charge on any atom is -0.354 e. The van der Waals surface area contributed by atoms with Crippen LogP contribution in [0.4, 0.5) is 11.5 Å². The molecule has 0 spiro atoms. The number of hydrogen-bond donors (Lipinski definition) is 1. The van der Waals surface area contributed by atoms with Crippen molar-refractivity contribution in [3.63, 3.8) is 0 Å². The highest BCUT2D eigenvalue weighted by Crippen LogP contribution is 2.27. The number of aromatic nitrogens is 2. The van der Waals surface area contributed by atoms with Crippen molar-refractivity contribution in [2.75, 3.05) is 23.3 Å². The van der Waals surface area contributed by atoms with Crippen LogP contribution < -0.4 is 15.8 Å². The Labute approximate surface area is 184 Å². The molecule has 2 aromatic carbocycles. The number of aryl methyl sites for hydroxylation is 1. The van der Waals surface area contributed by atoms with E-state index in [-0.39, 0.29) is 18.0 Å². The first-order valence-electron chi connectivity index (χ1n) is 10.2. The Hall–Kier alpha value is -2.67. The maximum absolute atomic E-state index is 13.0. The minimum atomic E-state index is -0.289. The highest BCUT2D eigenvalue weighted by molar-refractivity contribution is 9.10. The van der Waals surface area contributed by atoms with Gasteiger partial charge in [-0.1, -0.05) is 31.2 Å². The molecule has 1 aromatic heterocycles. The summed E-state index contributed by atoms with van der Waals surface area (Å²) < 4.78 is 2.09. The predicted octanol–water partition coefficient (Wildman–Crippen LogP) is 4.34. The van der Waals surface area contributed by atoms with Crippen LogP contribution in [0.1, 0.15) is 25.3 Å². The number of rotatable bonds is 4. The first-order valence-corrected chi connectivity index (χ1v) is 11.0. The lowest BCUT2D eigenvalue weighted by Gasteiger charge is -2.32. The summed E-state index contributed by atoms with van der Waals surface area (Å²) in [5.74, 6) is 1.06. The van der Waals surface area contributed by atoms with Crippen LogP contribution in [0.25, 0.3) is 10.8 Å². The zero-order valence-electron chi connectivity index (χ0n) is 17.2. The van der Waals surface area contributed by atoms with Gasteiger partial charge in [0.2, 0.25) is 5.91 Å². The van der Waals surface area contributed by atoms with Crippen LogP contribution in [-0.2, 0) is 11.3 Å². The quantitative estimate of drug-likeness (QED) is 0.618. The molecule has 4 rings (SSSR count). The Bertz CT molecular complexity index is 1160. The average molecular weight is 469 g/mol. The monoisotopic (exact) mass is 468 g/mol. The number of nitrogens with zero attached hydrogens (tertiary/aromatic N) is 3. The Morgan fingerprint density at radius 1 is 1.23 bits per heavy atom. The number of anilines is 2. The molecule has 1 aliphatic rings. The number of fused-ring (bicyclic) bond motifs is 1. The number of hydrogen-bond acceptors (Lipinski definition) is 4. The van der Waals surface area contributed by atoms with E-state index in [1.807, 2.05) is 43.3 Å². The molecule has 0 aliphatic carbocycles. The van der Waals surface area contributed by atoms with Crippen molar-refractivity contribution in [2.24, 2.45) is 5.92 Å². The van der Waals surface area contributed by atoms with Gasteiger partial charge < -0.3 is 10.2 Å². The smallest absolute Gasteiger partial charge is 0.275 e. The molecule has 0 bridgehead atoms. The van der Waals surface area contributed by atoms with Crippen molar-refractivity contribution >= 4 is 44.1 Å². The Morgan fingerprint density at radius 2 is 2.00 bits per heavy atom. The lowest BCUT2D eigenvalue weighted by atomic mass is 10.00. The summed E-state index contributed by atoms with van der Waals surface area (Å²) in [4.78, 5) is 28.0. The second-order valence-electron chi connectivity index (χ2n) is 8.06. The lowest BCUT2D eigenvalue weighted by Crippen LogP contribution is -2.38. The fraction of sp³-hybridized carbons (Fsp3) is 0.348. The van der Waals surface area contributed by atoms with Gasteiger partial charge in [-0.25, -0.2) is 4.68 Å². The maximum atomic E-state index is 13.0. The summed E-state index contributed by atoms with van der Waals surface area (Å²) >= 11 is 3.47. The average Bonchev–Trinajstić information content (AvgIpc) is 2.72. The summed E-state index contributed by atoms with van der Waals surface area (Å²) in [6.45, 7) is 5.88. The summed E-state index contributed by atoms with van der Waals surface area (Å²) in [6.07, 6.45) is 2.29. The molecule has 1 N–H and O–H groups in total. The molecular formula is C23H25BrN4O2. The van der Waals surface area contributed by atoms with Crippen LogP contribution in [-0.4, -0.2) is 28.8 Å². The lowest BCUT2D eigenvalue weighted by molar-refractivity contribution is -0.117. The molecule has 0 unspecified atom stereocenters. The zero-order chi connectivity index (χ0) is 21.3. The van der Waals surface area contributed by atoms with Crippen molar-refractivity contribution in [3.8, 4) is 0 Å². The van der Waals surface area contributed by atoms with Gasteiger partial charge in [-0.3, -0.25) is 9.59 Å². The van der Waals surface area contributed by atoms with Gasteiger partial charge in [0.1, 0.15) is 6.54 Å². The number of amides is 1. The van der Waals surface area contributed by atoms with Crippen molar-refractivity contribution in [3.05, 3.63) is 62.9 Å². The molecule has 6 nitrogen and oxygen atoms in total. The number of carbonyl (C=O) groups is 1. The van der Waals surface area contributed by atoms with Gasteiger partial charge in [0.05, 0.1) is 11.1 Å². The first kappa shape index (κ1) is 20.6. The largest absolute Gasteiger partial charge is 0.354 e. The summed E-state index contributed by atoms with van der Waals surface area (Å²) in [7, 11) is 0. The highest BCUT2D eigenvalue weighted by atomic mass is 79.9. The van der Waals surface area contributed by atoms with E-state index in [0.717, 1.165) is 40.8 Å². The fourth-order valence-corrected chi connectivity index (χ4v) is 4.58. The Kier molecular flexibility index (Phi) is 5.90. The van der Waals surface area contributed by atoms with Gasteiger partial charge >= 0.3 is 0 Å². The van der Waals surface area contributed by atoms with E-state index in [4.69, 9.17) is 0 Å². The highest BCUT2D eigenvalue weighted by Gasteiger charge is 2.22. The molecule has 0 radical (unpaired) electrons. The molecule has 2 heterocycles. The van der Waals surface area contributed by atoms with Crippen molar-refractivity contribution in [2.45, 2.75) is 33.2 Å². The predicted molar refractivity (Wildman–Crippen MR) is 124 cm³/mol. The van der Waals surface area contributed by atoms with Gasteiger partial charge in [0.25, 0.3) is 5.56 Å². The summed E-state index contributed by atoms with van der Waals surface area (Å²) in [5.41, 5.74) is 1.51. The van der Waals surface area contributed by atoms with Crippen LogP contribution in [0.2, 0.25) is 0 Å². The van der Waals surface area contributed by atoms with Crippen molar-refractivity contribution in [1.29, 1.82) is 0 Å². The van der Waals surface area contributed by atoms with Crippen LogP contribution in [0.15, 0.2) is 51.7 Å². The van der Waals surface area contributed by atoms with E-state index < -0.39 is 0 Å². The topological polar surface area (TPSA) is 67.2 Å². The van der Waals surface area contributed by atoms with Gasteiger partial charge in [-0.15, -0.1) is 0 Å². The van der Waals surface area contributed by atoms with E-state index in [0.29, 0.717) is 17.0 Å². The summed E-state index contributed by atoms with van der Waals surface area (Å²) in [5, 5.41) is 8.93. The van der Waals surface area contributed by atoms with Crippen LogP contribution >= 0.6 is 15.9 Å². The van der Waals surface area contributed by atoms with E-state index in [1.54, 1.807) is 6.07 Å². The third-order valence-corrected chi connectivity index (χ3v) is 6.15. The van der Waals surface area contributed by atoms with Gasteiger partial charge in [0.15, 0.2) is 5.82 Å². The van der Waals surface area contributed by atoms with E-state index in [1.165, 1.54) is 11.1 Å². The van der Waals surface area contributed by atoms with Gasteiger partial charge in [-0.2, -0.15) is 5.10 Å². The molecule has 156 valence electrons. The van der Waals surface area contributed by atoms with Gasteiger partial charge in [-0.05, 0) is 65.4 Å².